The number of piperidine rings is 1. The van der Waals surface area contributed by atoms with Crippen LogP contribution >= 0.6 is 0 Å². The van der Waals surface area contributed by atoms with Crippen LogP contribution in [-0.2, 0) is 0 Å². The zero-order valence-electron chi connectivity index (χ0n) is 18.8. The molecule has 0 bridgehead atoms. The molecule has 7 nitrogen and oxygen atoms in total. The Morgan fingerprint density at radius 3 is 2.62 bits per heavy atom. The molecule has 4 aromatic rings. The number of hydrogen-bond donors (Lipinski definition) is 3. The van der Waals surface area contributed by atoms with Crippen LogP contribution < -0.4 is 15.4 Å². The summed E-state index contributed by atoms with van der Waals surface area (Å²) in [5.41, 5.74) is 2.33. The predicted octanol–water partition coefficient (Wildman–Crippen LogP) is 5.17. The highest BCUT2D eigenvalue weighted by atomic mass is 19.1. The number of likely N-dealkylation sites (tertiary alicyclic amines) is 1. The molecule has 2 heterocycles. The molecule has 3 N–H and O–H groups in total. The van der Waals surface area contributed by atoms with Crippen LogP contribution in [0.3, 0.4) is 0 Å². The number of ether oxygens (including phenoxy) is 1. The monoisotopic (exact) mass is 459 g/mol. The van der Waals surface area contributed by atoms with Crippen LogP contribution in [0.4, 0.5) is 21.6 Å². The summed E-state index contributed by atoms with van der Waals surface area (Å²) >= 11 is 0. The molecule has 34 heavy (non-hydrogen) atoms. The summed E-state index contributed by atoms with van der Waals surface area (Å²) in [6.45, 7) is 2.06. The van der Waals surface area contributed by atoms with E-state index in [-0.39, 0.29) is 17.8 Å². The number of para-hydroxylation sites is 1. The second-order valence-corrected chi connectivity index (χ2v) is 8.54. The molecule has 5 rings (SSSR count). The first kappa shape index (κ1) is 21.9. The maximum absolute atomic E-state index is 13.9. The summed E-state index contributed by atoms with van der Waals surface area (Å²) in [4.78, 5) is 15.1. The topological polar surface area (TPSA) is 82.3 Å². The molecule has 0 unspecified atom stereocenters. The lowest BCUT2D eigenvalue weighted by Crippen LogP contribution is -2.35. The van der Waals surface area contributed by atoms with Crippen LogP contribution in [0.15, 0.2) is 66.7 Å². The molecule has 0 saturated carbocycles. The Kier molecular flexibility index (Phi) is 6.14. The zero-order chi connectivity index (χ0) is 23.5. The molecule has 1 amide bonds. The molecule has 0 spiro atoms. The normalized spacial score (nSPS) is 14.8. The number of nitrogens with one attached hydrogen (secondary N) is 3. The van der Waals surface area contributed by atoms with Crippen molar-refractivity contribution in [2.45, 2.75) is 18.9 Å². The number of halogens is 1. The number of carbonyl (C=O) groups is 1. The van der Waals surface area contributed by atoms with Crippen LogP contribution in [-0.4, -0.2) is 47.2 Å². The lowest BCUT2D eigenvalue weighted by atomic mass is 10.1. The number of rotatable bonds is 6. The third kappa shape index (κ3) is 4.87. The average molecular weight is 460 g/mol. The van der Waals surface area contributed by atoms with Gasteiger partial charge in [-0.1, -0.05) is 12.1 Å². The van der Waals surface area contributed by atoms with Crippen molar-refractivity contribution in [2.24, 2.45) is 0 Å². The molecule has 174 valence electrons. The van der Waals surface area contributed by atoms with Gasteiger partial charge in [0.05, 0.1) is 11.2 Å². The minimum atomic E-state index is -0.331. The van der Waals surface area contributed by atoms with E-state index in [0.29, 0.717) is 22.8 Å². The Labute approximate surface area is 196 Å². The molecule has 0 atom stereocenters. The largest absolute Gasteiger partial charge is 0.490 e. The lowest BCUT2D eigenvalue weighted by Gasteiger charge is -2.29. The fourth-order valence-corrected chi connectivity index (χ4v) is 4.07. The summed E-state index contributed by atoms with van der Waals surface area (Å²) in [6, 6.07) is 19.1. The number of H-pyrrole nitrogens is 1. The van der Waals surface area contributed by atoms with Crippen LogP contribution in [0.1, 0.15) is 23.2 Å². The summed E-state index contributed by atoms with van der Waals surface area (Å²) < 4.78 is 20.0. The van der Waals surface area contributed by atoms with E-state index in [1.54, 1.807) is 30.3 Å². The van der Waals surface area contributed by atoms with Gasteiger partial charge in [-0.2, -0.15) is 5.10 Å². The van der Waals surface area contributed by atoms with Gasteiger partial charge in [-0.05, 0) is 74.5 Å². The minimum Gasteiger partial charge on any atom is -0.490 e. The Morgan fingerprint density at radius 1 is 1.09 bits per heavy atom. The number of aromatic nitrogens is 2. The van der Waals surface area contributed by atoms with Crippen molar-refractivity contribution in [1.82, 2.24) is 15.1 Å². The Hall–Kier alpha value is -3.91. The summed E-state index contributed by atoms with van der Waals surface area (Å²) in [6.07, 6.45) is 2.22. The van der Waals surface area contributed by atoms with Gasteiger partial charge in [-0.15, -0.1) is 0 Å². The Balaban J connectivity index is 1.24. The van der Waals surface area contributed by atoms with Crippen molar-refractivity contribution in [3.05, 3.63) is 78.1 Å². The fraction of sp³-hybridized carbons (Fsp3) is 0.231. The number of anilines is 3. The van der Waals surface area contributed by atoms with E-state index in [1.807, 2.05) is 30.3 Å². The maximum atomic E-state index is 13.9. The quantitative estimate of drug-likeness (QED) is 0.371. The first-order chi connectivity index (χ1) is 16.5. The van der Waals surface area contributed by atoms with E-state index in [4.69, 9.17) is 4.74 Å². The van der Waals surface area contributed by atoms with Crippen molar-refractivity contribution in [3.8, 4) is 5.75 Å². The van der Waals surface area contributed by atoms with Crippen LogP contribution in [0.2, 0.25) is 0 Å². The number of hydrogen-bond acceptors (Lipinski definition) is 5. The third-order valence-corrected chi connectivity index (χ3v) is 6.03. The van der Waals surface area contributed by atoms with Gasteiger partial charge in [0.2, 0.25) is 0 Å². The van der Waals surface area contributed by atoms with Gasteiger partial charge in [0, 0.05) is 29.7 Å². The maximum Gasteiger partial charge on any atom is 0.256 e. The van der Waals surface area contributed by atoms with Crippen molar-refractivity contribution >= 4 is 34.0 Å². The van der Waals surface area contributed by atoms with E-state index in [9.17, 15) is 9.18 Å². The van der Waals surface area contributed by atoms with Crippen LogP contribution in [0.5, 0.6) is 5.75 Å². The van der Waals surface area contributed by atoms with Crippen LogP contribution in [0, 0.1) is 5.82 Å². The first-order valence-corrected chi connectivity index (χ1v) is 11.3. The smallest absolute Gasteiger partial charge is 0.256 e. The number of carbonyl (C=O) groups excluding carboxylic acids is 1. The van der Waals surface area contributed by atoms with E-state index in [0.717, 1.165) is 42.6 Å². The SMILES string of the molecule is CN1CCC(Oc2ccc(C(=O)Nc3n[nH]c4cc(Nc5ccccc5F)ccc34)cc2)CC1. The van der Waals surface area contributed by atoms with Gasteiger partial charge in [0.25, 0.3) is 5.91 Å². The van der Waals surface area contributed by atoms with Gasteiger partial charge in [0.1, 0.15) is 17.7 Å². The fourth-order valence-electron chi connectivity index (χ4n) is 4.07. The highest BCUT2D eigenvalue weighted by molar-refractivity contribution is 6.08. The summed E-state index contributed by atoms with van der Waals surface area (Å²) in [7, 11) is 2.12. The van der Waals surface area contributed by atoms with Gasteiger partial charge >= 0.3 is 0 Å². The number of benzene rings is 3. The molecule has 1 aliphatic heterocycles. The van der Waals surface area contributed by atoms with E-state index < -0.39 is 0 Å². The molecule has 0 aliphatic carbocycles. The molecule has 1 aliphatic rings. The minimum absolute atomic E-state index is 0.212. The number of aromatic amines is 1. The van der Waals surface area contributed by atoms with Gasteiger partial charge in [0.15, 0.2) is 5.82 Å². The van der Waals surface area contributed by atoms with Gasteiger partial charge < -0.3 is 20.3 Å². The second kappa shape index (κ2) is 9.52. The third-order valence-electron chi connectivity index (χ3n) is 6.03. The van der Waals surface area contributed by atoms with Crippen molar-refractivity contribution in [2.75, 3.05) is 30.8 Å². The van der Waals surface area contributed by atoms with E-state index in [2.05, 4.69) is 32.8 Å². The molecule has 1 fully saturated rings. The highest BCUT2D eigenvalue weighted by Crippen LogP contribution is 2.27. The molecule has 3 aromatic carbocycles. The van der Waals surface area contributed by atoms with Crippen molar-refractivity contribution in [1.29, 1.82) is 0 Å². The molecule has 1 aromatic heterocycles. The first-order valence-electron chi connectivity index (χ1n) is 11.3. The molecule has 0 radical (unpaired) electrons. The van der Waals surface area contributed by atoms with Crippen molar-refractivity contribution in [3.63, 3.8) is 0 Å². The van der Waals surface area contributed by atoms with Crippen molar-refractivity contribution < 1.29 is 13.9 Å². The van der Waals surface area contributed by atoms with Gasteiger partial charge in [-0.25, -0.2) is 4.39 Å². The van der Waals surface area contributed by atoms with E-state index >= 15 is 0 Å². The van der Waals surface area contributed by atoms with Crippen LogP contribution in [0.25, 0.3) is 10.9 Å². The molecule has 8 heteroatoms. The second-order valence-electron chi connectivity index (χ2n) is 8.54. The molecule has 1 saturated heterocycles. The zero-order valence-corrected chi connectivity index (χ0v) is 18.8. The Morgan fingerprint density at radius 2 is 1.85 bits per heavy atom. The number of nitrogens with zero attached hydrogens (tertiary/aromatic N) is 2. The highest BCUT2D eigenvalue weighted by Gasteiger charge is 2.18. The number of fused-ring (bicyclic) bond motifs is 1. The van der Waals surface area contributed by atoms with E-state index in [1.165, 1.54) is 6.07 Å². The summed E-state index contributed by atoms with van der Waals surface area (Å²) in [5, 5.41) is 13.8. The molecular formula is C26H26FN5O2. The predicted molar refractivity (Wildman–Crippen MR) is 131 cm³/mol. The standard InChI is InChI=1S/C26H26FN5O2/c1-32-14-12-20(13-15-32)34-19-9-6-17(7-10-19)26(33)29-25-21-11-8-18(16-24(21)30-31-25)28-23-5-3-2-4-22(23)27/h2-11,16,20,28H,12-15H2,1H3,(H2,29,30,31,33). The lowest BCUT2D eigenvalue weighted by molar-refractivity contribution is 0.102. The summed E-state index contributed by atoms with van der Waals surface area (Å²) in [5.74, 6) is 0.617. The number of amides is 1. The molecular weight excluding hydrogens is 433 g/mol. The Bertz CT molecular complexity index is 1300. The van der Waals surface area contributed by atoms with Gasteiger partial charge in [-0.3, -0.25) is 9.89 Å². The average Bonchev–Trinajstić information content (AvgIpc) is 3.24.